The van der Waals surface area contributed by atoms with Gasteiger partial charge in [-0.1, -0.05) is 29.8 Å². The Kier molecular flexibility index (Phi) is 4.25. The Balaban J connectivity index is 1.78. The predicted octanol–water partition coefficient (Wildman–Crippen LogP) is 2.81. The molecule has 3 N–H and O–H groups in total. The summed E-state index contributed by atoms with van der Waals surface area (Å²) in [5.74, 6) is 1.49. The van der Waals surface area contributed by atoms with Crippen LogP contribution in [0.4, 0.5) is 11.5 Å². The highest BCUT2D eigenvalue weighted by atomic mass is 35.5. The van der Waals surface area contributed by atoms with Crippen LogP contribution >= 0.6 is 11.6 Å². The third-order valence-electron chi connectivity index (χ3n) is 2.24. The molecule has 0 fully saturated rings. The zero-order valence-corrected chi connectivity index (χ0v) is 10.5. The highest BCUT2D eigenvalue weighted by Crippen LogP contribution is 2.15. The molecule has 0 aliphatic heterocycles. The van der Waals surface area contributed by atoms with Gasteiger partial charge in [0.05, 0.1) is 6.54 Å². The molecule has 0 unspecified atom stereocenters. The second kappa shape index (κ2) is 6.12. The summed E-state index contributed by atoms with van der Waals surface area (Å²) in [5.41, 5.74) is 6.24. The lowest BCUT2D eigenvalue weighted by Crippen LogP contribution is -2.12. The minimum atomic E-state index is 0.376. The maximum Gasteiger partial charge on any atom is 0.133 e. The molecule has 1 heterocycles. The van der Waals surface area contributed by atoms with E-state index in [2.05, 4.69) is 10.3 Å². The average Bonchev–Trinajstić information content (AvgIpc) is 2.35. The van der Waals surface area contributed by atoms with Gasteiger partial charge in [-0.3, -0.25) is 0 Å². The molecule has 0 saturated carbocycles. The minimum absolute atomic E-state index is 0.376. The van der Waals surface area contributed by atoms with Gasteiger partial charge in [0, 0.05) is 11.8 Å². The van der Waals surface area contributed by atoms with Crippen molar-refractivity contribution in [1.29, 1.82) is 0 Å². The zero-order valence-electron chi connectivity index (χ0n) is 9.77. The molecule has 0 amide bonds. The third-order valence-corrected chi connectivity index (χ3v) is 2.43. The molecule has 2 rings (SSSR count). The highest BCUT2D eigenvalue weighted by molar-refractivity contribution is 6.29. The van der Waals surface area contributed by atoms with Gasteiger partial charge in [-0.05, 0) is 18.2 Å². The van der Waals surface area contributed by atoms with E-state index < -0.39 is 0 Å². The van der Waals surface area contributed by atoms with Crippen molar-refractivity contribution in [2.75, 3.05) is 24.2 Å². The van der Waals surface area contributed by atoms with E-state index in [0.717, 1.165) is 5.75 Å². The highest BCUT2D eigenvalue weighted by Gasteiger charge is 1.98. The molecule has 4 nitrogen and oxygen atoms in total. The van der Waals surface area contributed by atoms with Gasteiger partial charge in [0.2, 0.25) is 0 Å². The molecule has 1 aromatic carbocycles. The first-order chi connectivity index (χ1) is 8.74. The molecule has 5 heteroatoms. The minimum Gasteiger partial charge on any atom is -0.492 e. The van der Waals surface area contributed by atoms with Crippen molar-refractivity contribution in [3.05, 3.63) is 47.6 Å². The van der Waals surface area contributed by atoms with Crippen molar-refractivity contribution in [1.82, 2.24) is 4.98 Å². The lowest BCUT2D eigenvalue weighted by atomic mass is 10.3. The Morgan fingerprint density at radius 1 is 1.22 bits per heavy atom. The van der Waals surface area contributed by atoms with Crippen molar-refractivity contribution < 1.29 is 4.74 Å². The van der Waals surface area contributed by atoms with Gasteiger partial charge < -0.3 is 15.8 Å². The normalized spacial score (nSPS) is 10.1. The van der Waals surface area contributed by atoms with Crippen LogP contribution in [-0.2, 0) is 0 Å². The van der Waals surface area contributed by atoms with E-state index in [1.807, 2.05) is 30.3 Å². The first kappa shape index (κ1) is 12.5. The first-order valence-corrected chi connectivity index (χ1v) is 5.96. The van der Waals surface area contributed by atoms with Crippen molar-refractivity contribution in [2.24, 2.45) is 0 Å². The van der Waals surface area contributed by atoms with Crippen LogP contribution in [0.25, 0.3) is 0 Å². The monoisotopic (exact) mass is 263 g/mol. The summed E-state index contributed by atoms with van der Waals surface area (Å²) in [6.07, 6.45) is 0. The van der Waals surface area contributed by atoms with Gasteiger partial charge in [0.1, 0.15) is 23.3 Å². The van der Waals surface area contributed by atoms with Crippen molar-refractivity contribution >= 4 is 23.1 Å². The lowest BCUT2D eigenvalue weighted by molar-refractivity contribution is 0.333. The fourth-order valence-electron chi connectivity index (χ4n) is 1.47. The summed E-state index contributed by atoms with van der Waals surface area (Å²) in [6.45, 7) is 1.17. The Hall–Kier alpha value is -1.94. The van der Waals surface area contributed by atoms with Gasteiger partial charge in [-0.2, -0.15) is 0 Å². The molecule has 94 valence electrons. The van der Waals surface area contributed by atoms with Gasteiger partial charge in [0.15, 0.2) is 0 Å². The number of rotatable bonds is 5. The number of aromatic nitrogens is 1. The summed E-state index contributed by atoms with van der Waals surface area (Å²) in [6, 6.07) is 13.0. The first-order valence-electron chi connectivity index (χ1n) is 5.59. The van der Waals surface area contributed by atoms with Crippen LogP contribution in [0.3, 0.4) is 0 Å². The Bertz CT molecular complexity index is 485. The van der Waals surface area contributed by atoms with Crippen LogP contribution in [-0.4, -0.2) is 18.1 Å². The Morgan fingerprint density at radius 2 is 2.00 bits per heavy atom. The predicted molar refractivity (Wildman–Crippen MR) is 74.1 cm³/mol. The van der Waals surface area contributed by atoms with Crippen molar-refractivity contribution in [2.45, 2.75) is 0 Å². The summed E-state index contributed by atoms with van der Waals surface area (Å²) in [7, 11) is 0. The Morgan fingerprint density at radius 3 is 2.72 bits per heavy atom. The number of nitrogens with zero attached hydrogens (tertiary/aromatic N) is 1. The quantitative estimate of drug-likeness (QED) is 0.643. The van der Waals surface area contributed by atoms with Crippen molar-refractivity contribution in [3.8, 4) is 5.75 Å². The van der Waals surface area contributed by atoms with Crippen LogP contribution in [0, 0.1) is 0 Å². The number of benzene rings is 1. The number of hydrogen-bond donors (Lipinski definition) is 2. The van der Waals surface area contributed by atoms with Crippen LogP contribution in [0.15, 0.2) is 42.5 Å². The van der Waals surface area contributed by atoms with E-state index in [4.69, 9.17) is 22.1 Å². The molecule has 0 bridgehead atoms. The van der Waals surface area contributed by atoms with Gasteiger partial charge in [-0.25, -0.2) is 4.98 Å². The third kappa shape index (κ3) is 3.82. The number of hydrogen-bond acceptors (Lipinski definition) is 4. The standard InChI is InChI=1S/C13H14ClN3O/c14-12-8-10(15)9-13(17-12)16-6-7-18-11-4-2-1-3-5-11/h1-5,8-9H,6-7H2,(H3,15,16,17). The molecule has 0 spiro atoms. The number of anilines is 2. The maximum atomic E-state index is 5.80. The molecule has 18 heavy (non-hydrogen) atoms. The number of pyridine rings is 1. The van der Waals surface area contributed by atoms with Crippen molar-refractivity contribution in [3.63, 3.8) is 0 Å². The summed E-state index contributed by atoms with van der Waals surface area (Å²) >= 11 is 5.80. The van der Waals surface area contributed by atoms with E-state index >= 15 is 0 Å². The molecule has 1 aromatic heterocycles. The van der Waals surface area contributed by atoms with E-state index in [-0.39, 0.29) is 0 Å². The molecule has 0 radical (unpaired) electrons. The van der Waals surface area contributed by atoms with E-state index in [1.165, 1.54) is 0 Å². The van der Waals surface area contributed by atoms with Crippen LogP contribution in [0.5, 0.6) is 5.75 Å². The lowest BCUT2D eigenvalue weighted by Gasteiger charge is -2.08. The summed E-state index contributed by atoms with van der Waals surface area (Å²) in [4.78, 5) is 4.10. The number of ether oxygens (including phenoxy) is 1. The topological polar surface area (TPSA) is 60.2 Å². The van der Waals surface area contributed by atoms with Gasteiger partial charge in [0.25, 0.3) is 0 Å². The number of para-hydroxylation sites is 1. The van der Waals surface area contributed by atoms with E-state index in [1.54, 1.807) is 12.1 Å². The maximum absolute atomic E-state index is 5.80. The summed E-state index contributed by atoms with van der Waals surface area (Å²) < 4.78 is 5.53. The molecule has 2 aromatic rings. The molecule has 0 aliphatic rings. The fourth-order valence-corrected chi connectivity index (χ4v) is 1.69. The molecule has 0 atom stereocenters. The Labute approximate surface area is 111 Å². The number of nitrogens with two attached hydrogens (primary N) is 1. The molecular weight excluding hydrogens is 250 g/mol. The number of halogens is 1. The number of nitrogens with one attached hydrogen (secondary N) is 1. The smallest absolute Gasteiger partial charge is 0.133 e. The van der Waals surface area contributed by atoms with E-state index in [0.29, 0.717) is 29.8 Å². The molecular formula is C13H14ClN3O. The van der Waals surface area contributed by atoms with Gasteiger partial charge in [-0.15, -0.1) is 0 Å². The molecule has 0 aliphatic carbocycles. The van der Waals surface area contributed by atoms with Crippen LogP contribution in [0.1, 0.15) is 0 Å². The number of nitrogen functional groups attached to an aromatic ring is 1. The SMILES string of the molecule is Nc1cc(Cl)nc(NCCOc2ccccc2)c1. The van der Waals surface area contributed by atoms with Crippen LogP contribution in [0.2, 0.25) is 5.15 Å². The zero-order chi connectivity index (χ0) is 12.8. The second-order valence-corrected chi connectivity index (χ2v) is 4.08. The summed E-state index contributed by atoms with van der Waals surface area (Å²) in [5, 5.41) is 3.47. The average molecular weight is 264 g/mol. The van der Waals surface area contributed by atoms with E-state index in [9.17, 15) is 0 Å². The fraction of sp³-hybridized carbons (Fsp3) is 0.154. The van der Waals surface area contributed by atoms with Gasteiger partial charge >= 0.3 is 0 Å². The second-order valence-electron chi connectivity index (χ2n) is 3.70. The van der Waals surface area contributed by atoms with Crippen LogP contribution < -0.4 is 15.8 Å². The largest absolute Gasteiger partial charge is 0.492 e. The molecule has 0 saturated heterocycles.